The number of alkyl halides is 1. The van der Waals surface area contributed by atoms with Gasteiger partial charge in [0.25, 0.3) is 0 Å². The lowest BCUT2D eigenvalue weighted by Gasteiger charge is -2.25. The van der Waals surface area contributed by atoms with Crippen LogP contribution in [0.4, 0.5) is 13.2 Å². The van der Waals surface area contributed by atoms with Crippen molar-refractivity contribution < 1.29 is 17.9 Å². The summed E-state index contributed by atoms with van der Waals surface area (Å²) in [6, 6.07) is 3.47. The molecule has 142 valence electrons. The van der Waals surface area contributed by atoms with Crippen molar-refractivity contribution in [3.63, 3.8) is 0 Å². The zero-order chi connectivity index (χ0) is 19.5. The number of aryl methyl sites for hydroxylation is 2. The summed E-state index contributed by atoms with van der Waals surface area (Å²) >= 11 is 0. The molecular weight excluding hydrogens is 359 g/mol. The molecule has 0 N–H and O–H groups in total. The van der Waals surface area contributed by atoms with E-state index in [-0.39, 0.29) is 17.1 Å². The third-order valence-electron chi connectivity index (χ3n) is 4.86. The summed E-state index contributed by atoms with van der Waals surface area (Å²) < 4.78 is 51.8. The van der Waals surface area contributed by atoms with Crippen LogP contribution in [-0.2, 0) is 19.2 Å². The highest BCUT2D eigenvalue weighted by atomic mass is 19.1. The molecule has 3 heterocycles. The second-order valence-electron chi connectivity index (χ2n) is 6.77. The van der Waals surface area contributed by atoms with Crippen LogP contribution in [-0.4, -0.2) is 24.5 Å². The Morgan fingerprint density at radius 1 is 1.22 bits per heavy atom. The van der Waals surface area contributed by atoms with Gasteiger partial charge in [0.05, 0.1) is 5.69 Å². The first-order valence-electron chi connectivity index (χ1n) is 8.53. The molecule has 2 aromatic heterocycles. The van der Waals surface area contributed by atoms with Crippen molar-refractivity contribution in [2.45, 2.75) is 39.1 Å². The molecule has 2 atom stereocenters. The van der Waals surface area contributed by atoms with Crippen LogP contribution >= 0.6 is 0 Å². The highest BCUT2D eigenvalue weighted by Crippen LogP contribution is 2.51. The molecule has 0 amide bonds. The Balaban J connectivity index is 1.81. The maximum absolute atomic E-state index is 15.2. The van der Waals surface area contributed by atoms with Crippen molar-refractivity contribution in [3.05, 3.63) is 46.9 Å². The Bertz CT molecular complexity index is 1040. The first-order valence-corrected chi connectivity index (χ1v) is 8.53. The molecule has 2 unspecified atom stereocenters. The minimum absolute atomic E-state index is 0.169. The van der Waals surface area contributed by atoms with E-state index in [1.165, 1.54) is 6.92 Å². The molecule has 27 heavy (non-hydrogen) atoms. The predicted octanol–water partition coefficient (Wildman–Crippen LogP) is 3.60. The van der Waals surface area contributed by atoms with Crippen LogP contribution in [0, 0.1) is 18.6 Å². The summed E-state index contributed by atoms with van der Waals surface area (Å²) in [7, 11) is 1.67. The van der Waals surface area contributed by atoms with Crippen molar-refractivity contribution in [1.29, 1.82) is 0 Å². The van der Waals surface area contributed by atoms with Crippen LogP contribution in [0.5, 0.6) is 5.75 Å². The summed E-state index contributed by atoms with van der Waals surface area (Å²) in [4.78, 5) is 0. The third-order valence-corrected chi connectivity index (χ3v) is 4.86. The van der Waals surface area contributed by atoms with E-state index in [0.717, 1.165) is 17.5 Å². The Morgan fingerprint density at radius 3 is 2.67 bits per heavy atom. The molecule has 1 aliphatic heterocycles. The number of nitrogens with zero attached hydrogens (tertiary/aromatic N) is 5. The van der Waals surface area contributed by atoms with Crippen LogP contribution in [0.25, 0.3) is 11.5 Å². The maximum atomic E-state index is 15.2. The van der Waals surface area contributed by atoms with E-state index in [9.17, 15) is 8.78 Å². The number of aromatic nitrogens is 5. The van der Waals surface area contributed by atoms with Crippen molar-refractivity contribution in [2.24, 2.45) is 7.05 Å². The van der Waals surface area contributed by atoms with Gasteiger partial charge < -0.3 is 9.30 Å². The standard InChI is InChI=1S/C18H18F3N5O/c1-5-26-13(6-9(2)24-26)16-22-23-17(25(16)4)18(3)15(21)11-7-10(19)8-12(20)14(11)27-18/h6-8,15H,5H2,1-4H3. The lowest BCUT2D eigenvalue weighted by atomic mass is 9.96. The zero-order valence-electron chi connectivity index (χ0n) is 15.3. The average Bonchev–Trinajstić information content (AvgIpc) is 3.25. The summed E-state index contributed by atoms with van der Waals surface area (Å²) in [5.41, 5.74) is -0.270. The summed E-state index contributed by atoms with van der Waals surface area (Å²) in [5, 5.41) is 12.7. The van der Waals surface area contributed by atoms with Gasteiger partial charge >= 0.3 is 0 Å². The smallest absolute Gasteiger partial charge is 0.201 e. The molecular formula is C18H18F3N5O. The third kappa shape index (κ3) is 2.44. The van der Waals surface area contributed by atoms with Gasteiger partial charge in [-0.05, 0) is 32.9 Å². The molecule has 0 aliphatic carbocycles. The molecule has 0 spiro atoms. The minimum atomic E-state index is -1.80. The molecule has 1 aromatic carbocycles. The second kappa shape index (κ2) is 5.83. The van der Waals surface area contributed by atoms with E-state index in [2.05, 4.69) is 15.3 Å². The van der Waals surface area contributed by atoms with Crippen LogP contribution in [0.3, 0.4) is 0 Å². The number of fused-ring (bicyclic) bond motifs is 1. The molecule has 0 bridgehead atoms. The van der Waals surface area contributed by atoms with Gasteiger partial charge in [0, 0.05) is 25.2 Å². The summed E-state index contributed by atoms with van der Waals surface area (Å²) in [5.74, 6) is -1.46. The van der Waals surface area contributed by atoms with Gasteiger partial charge in [-0.25, -0.2) is 13.2 Å². The average molecular weight is 377 g/mol. The molecule has 3 aromatic rings. The van der Waals surface area contributed by atoms with E-state index in [0.29, 0.717) is 18.4 Å². The Labute approximate surface area is 153 Å². The Morgan fingerprint density at radius 2 is 1.96 bits per heavy atom. The topological polar surface area (TPSA) is 57.8 Å². The molecule has 0 radical (unpaired) electrons. The van der Waals surface area contributed by atoms with E-state index in [1.54, 1.807) is 16.3 Å². The summed E-state index contributed by atoms with van der Waals surface area (Å²) in [6.07, 6.45) is -1.80. The molecule has 0 fully saturated rings. The molecule has 4 rings (SSSR count). The molecule has 6 nitrogen and oxygen atoms in total. The monoisotopic (exact) mass is 377 g/mol. The van der Waals surface area contributed by atoms with Gasteiger partial charge in [0.15, 0.2) is 29.4 Å². The molecule has 1 aliphatic rings. The van der Waals surface area contributed by atoms with Crippen LogP contribution in [0.1, 0.15) is 37.1 Å². The van der Waals surface area contributed by atoms with Crippen LogP contribution < -0.4 is 4.74 Å². The molecule has 0 saturated carbocycles. The molecule has 0 saturated heterocycles. The number of ether oxygens (including phenoxy) is 1. The largest absolute Gasteiger partial charge is 0.473 e. The SMILES string of the molecule is CCn1nc(C)cc1-c1nnc(C2(C)Oc3c(F)cc(F)cc3C2F)n1C. The predicted molar refractivity (Wildman–Crippen MR) is 90.8 cm³/mol. The number of rotatable bonds is 3. The first kappa shape index (κ1) is 17.6. The number of hydrogen-bond acceptors (Lipinski definition) is 4. The van der Waals surface area contributed by atoms with Crippen molar-refractivity contribution in [3.8, 4) is 17.3 Å². The van der Waals surface area contributed by atoms with Crippen molar-refractivity contribution in [2.75, 3.05) is 0 Å². The first-order chi connectivity index (χ1) is 12.8. The lowest BCUT2D eigenvalue weighted by molar-refractivity contribution is 0.0185. The van der Waals surface area contributed by atoms with Gasteiger partial charge in [-0.2, -0.15) is 5.10 Å². The van der Waals surface area contributed by atoms with E-state index in [1.807, 2.05) is 19.9 Å². The normalized spacial score (nSPS) is 21.4. The van der Waals surface area contributed by atoms with E-state index in [4.69, 9.17) is 4.74 Å². The van der Waals surface area contributed by atoms with E-state index < -0.39 is 23.4 Å². The van der Waals surface area contributed by atoms with Crippen LogP contribution in [0.15, 0.2) is 18.2 Å². The van der Waals surface area contributed by atoms with Gasteiger partial charge in [-0.15, -0.1) is 10.2 Å². The number of halogens is 3. The Kier molecular flexibility index (Phi) is 3.79. The Hall–Kier alpha value is -2.84. The van der Waals surface area contributed by atoms with Crippen LogP contribution in [0.2, 0.25) is 0 Å². The highest BCUT2D eigenvalue weighted by molar-refractivity contribution is 5.52. The fourth-order valence-electron chi connectivity index (χ4n) is 3.55. The quantitative estimate of drug-likeness (QED) is 0.700. The number of benzene rings is 1. The summed E-state index contributed by atoms with van der Waals surface area (Å²) in [6.45, 7) is 5.88. The van der Waals surface area contributed by atoms with Gasteiger partial charge in [0.2, 0.25) is 5.60 Å². The zero-order valence-corrected chi connectivity index (χ0v) is 15.3. The van der Waals surface area contributed by atoms with E-state index >= 15 is 4.39 Å². The van der Waals surface area contributed by atoms with Gasteiger partial charge in [-0.1, -0.05) is 0 Å². The molecule has 9 heteroatoms. The lowest BCUT2D eigenvalue weighted by Crippen LogP contribution is -2.33. The van der Waals surface area contributed by atoms with Crippen molar-refractivity contribution in [1.82, 2.24) is 24.5 Å². The fraction of sp³-hybridized carbons (Fsp3) is 0.389. The number of hydrogen-bond donors (Lipinski definition) is 0. The van der Waals surface area contributed by atoms with Gasteiger partial charge in [-0.3, -0.25) is 4.68 Å². The van der Waals surface area contributed by atoms with Crippen molar-refractivity contribution >= 4 is 0 Å². The highest BCUT2D eigenvalue weighted by Gasteiger charge is 2.52. The van der Waals surface area contributed by atoms with Gasteiger partial charge in [0.1, 0.15) is 11.5 Å². The second-order valence-corrected chi connectivity index (χ2v) is 6.77. The fourth-order valence-corrected chi connectivity index (χ4v) is 3.55. The minimum Gasteiger partial charge on any atom is -0.473 e. The maximum Gasteiger partial charge on any atom is 0.201 e.